The van der Waals surface area contributed by atoms with Gasteiger partial charge in [-0.3, -0.25) is 0 Å². The molecule has 0 N–H and O–H groups in total. The van der Waals surface area contributed by atoms with E-state index in [0.29, 0.717) is 0 Å². The maximum atomic E-state index is 3.48. The van der Waals surface area contributed by atoms with Crippen LogP contribution in [-0.2, 0) is 32.6 Å². The maximum absolute atomic E-state index is 3.48. The number of aryl methyl sites for hydroxylation is 1. The van der Waals surface area contributed by atoms with Gasteiger partial charge >= 0.3 is 26.2 Å². The predicted octanol–water partition coefficient (Wildman–Crippen LogP) is 6.88. The van der Waals surface area contributed by atoms with E-state index >= 15 is 0 Å². The van der Waals surface area contributed by atoms with E-state index in [1.165, 1.54) is 42.6 Å². The Bertz CT molecular complexity index is 533. The second kappa shape index (κ2) is 16.2. The van der Waals surface area contributed by atoms with Gasteiger partial charge in [-0.15, -0.1) is 6.58 Å². The standard InChI is InChI=1S/C14H15.C9H7.C4H8.Zr/c1-2-7-13(8-3-1)11-6-12-14-9-4-5-10-14;1-2-5-9-7-3-6-8(9)4-1;1-3-4-2;/h1-5,7-10H,6,11-12H2;1-7H;3H,1,4H2,2H3;/q;;;+2. The molecule has 1 aromatic rings. The molecule has 0 amide bonds. The van der Waals surface area contributed by atoms with Crippen LogP contribution in [0.5, 0.6) is 0 Å². The van der Waals surface area contributed by atoms with E-state index in [2.05, 4.69) is 113 Å². The van der Waals surface area contributed by atoms with E-state index < -0.39 is 0 Å². The number of hydrogen-bond acceptors (Lipinski definition) is 0. The summed E-state index contributed by atoms with van der Waals surface area (Å²) >= 11 is 0. The number of allylic oxidation sites excluding steroid dienone is 5. The van der Waals surface area contributed by atoms with Crippen LogP contribution < -0.4 is 0 Å². The SMILES string of the molecule is C=CCC.[CH]1[CH][CH][C](CCCc2ccccc2)[CH]1.[CH]1[CH][C]2C=CC=C[C]2[CH]1.[Zr+2]. The first-order valence-corrected chi connectivity index (χ1v) is 9.79. The summed E-state index contributed by atoms with van der Waals surface area (Å²) in [5.41, 5.74) is 1.44. The molecule has 0 bridgehead atoms. The van der Waals surface area contributed by atoms with Crippen LogP contribution >= 0.6 is 0 Å². The average molecular weight is 446 g/mol. The van der Waals surface area contributed by atoms with Crippen molar-refractivity contribution in [2.75, 3.05) is 0 Å². The third kappa shape index (κ3) is 10.2. The summed E-state index contributed by atoms with van der Waals surface area (Å²) in [4.78, 5) is 0. The number of fused-ring (bicyclic) bond motifs is 1. The van der Waals surface area contributed by atoms with Crippen molar-refractivity contribution in [2.24, 2.45) is 0 Å². The minimum atomic E-state index is 0. The first-order valence-electron chi connectivity index (χ1n) is 9.79. The quantitative estimate of drug-likeness (QED) is 0.433. The van der Waals surface area contributed by atoms with Crippen LogP contribution in [0.25, 0.3) is 0 Å². The Kier molecular flexibility index (Phi) is 14.6. The van der Waals surface area contributed by atoms with E-state index in [1.807, 2.05) is 6.08 Å². The summed E-state index contributed by atoms with van der Waals surface area (Å²) in [5.74, 6) is 4.12. The van der Waals surface area contributed by atoms with Crippen molar-refractivity contribution in [2.45, 2.75) is 32.6 Å². The van der Waals surface area contributed by atoms with Gasteiger partial charge in [0.1, 0.15) is 0 Å². The molecule has 0 heterocycles. The van der Waals surface area contributed by atoms with E-state index in [1.54, 1.807) is 0 Å². The van der Waals surface area contributed by atoms with Gasteiger partial charge in [-0.2, -0.15) is 0 Å². The topological polar surface area (TPSA) is 0 Å². The van der Waals surface area contributed by atoms with Crippen molar-refractivity contribution in [1.82, 2.24) is 0 Å². The summed E-state index contributed by atoms with van der Waals surface area (Å²) in [6.45, 7) is 5.54. The Morgan fingerprint density at radius 1 is 0.786 bits per heavy atom. The Hall–Kier alpha value is -0.677. The molecule has 1 aromatic carbocycles. The Morgan fingerprint density at radius 2 is 1.36 bits per heavy atom. The third-order valence-corrected chi connectivity index (χ3v) is 4.34. The Morgan fingerprint density at radius 3 is 1.89 bits per heavy atom. The summed E-state index contributed by atoms with van der Waals surface area (Å²) in [7, 11) is 0. The summed E-state index contributed by atoms with van der Waals surface area (Å²) < 4.78 is 0. The Balaban J connectivity index is 0.000000241. The van der Waals surface area contributed by atoms with Crippen LogP contribution in [0.4, 0.5) is 0 Å². The molecule has 28 heavy (non-hydrogen) atoms. The van der Waals surface area contributed by atoms with Crippen LogP contribution in [-0.4, -0.2) is 0 Å². The molecule has 3 aliphatic rings. The molecular weight excluding hydrogens is 416 g/mol. The second-order valence-corrected chi connectivity index (χ2v) is 6.48. The van der Waals surface area contributed by atoms with Gasteiger partial charge in [0.25, 0.3) is 0 Å². The molecule has 0 spiro atoms. The molecule has 0 unspecified atom stereocenters. The van der Waals surface area contributed by atoms with Crippen LogP contribution in [0, 0.1) is 62.7 Å². The fourth-order valence-corrected chi connectivity index (χ4v) is 2.79. The molecule has 4 rings (SSSR count). The molecule has 0 aromatic heterocycles. The maximum Gasteiger partial charge on any atom is 2.00 e. The molecule has 2 saturated carbocycles. The van der Waals surface area contributed by atoms with E-state index in [-0.39, 0.29) is 26.2 Å². The molecule has 1 heteroatoms. The van der Waals surface area contributed by atoms with E-state index in [9.17, 15) is 0 Å². The van der Waals surface area contributed by atoms with Gasteiger partial charge in [0.15, 0.2) is 0 Å². The summed E-state index contributed by atoms with van der Waals surface area (Å²) in [6, 6.07) is 10.7. The van der Waals surface area contributed by atoms with Gasteiger partial charge in [-0.25, -0.2) is 0 Å². The monoisotopic (exact) mass is 444 g/mol. The fraction of sp³-hybridized carbons (Fsp3) is 0.185. The summed E-state index contributed by atoms with van der Waals surface area (Å²) in [6.07, 6.45) is 29.9. The van der Waals surface area contributed by atoms with Crippen molar-refractivity contribution < 1.29 is 26.2 Å². The van der Waals surface area contributed by atoms with Gasteiger partial charge in [-0.05, 0) is 82.1 Å². The van der Waals surface area contributed by atoms with Crippen LogP contribution in [0.15, 0.2) is 67.3 Å². The first kappa shape index (κ1) is 25.4. The van der Waals surface area contributed by atoms with Gasteiger partial charge in [0.05, 0.1) is 0 Å². The Labute approximate surface area is 193 Å². The molecule has 10 radical (unpaired) electrons. The van der Waals surface area contributed by atoms with Gasteiger partial charge in [0, 0.05) is 11.8 Å². The first-order chi connectivity index (χ1) is 13.3. The zero-order chi connectivity index (χ0) is 19.2. The molecule has 140 valence electrons. The minimum Gasteiger partial charge on any atom is -0.103 e. The average Bonchev–Trinajstić information content (AvgIpc) is 3.41. The van der Waals surface area contributed by atoms with Crippen molar-refractivity contribution in [3.63, 3.8) is 0 Å². The molecule has 0 nitrogen and oxygen atoms in total. The van der Waals surface area contributed by atoms with Gasteiger partial charge in [0.2, 0.25) is 0 Å². The second-order valence-electron chi connectivity index (χ2n) is 6.48. The van der Waals surface area contributed by atoms with Crippen molar-refractivity contribution in [3.05, 3.63) is 136 Å². The van der Waals surface area contributed by atoms with Crippen LogP contribution in [0.1, 0.15) is 31.7 Å². The van der Waals surface area contributed by atoms with Gasteiger partial charge in [-0.1, -0.05) is 67.6 Å². The van der Waals surface area contributed by atoms with Gasteiger partial charge < -0.3 is 0 Å². The molecule has 0 saturated heterocycles. The molecule has 0 aliphatic heterocycles. The normalized spacial score (nSPS) is 18.3. The van der Waals surface area contributed by atoms with E-state index in [0.717, 1.165) is 6.42 Å². The fourth-order valence-electron chi connectivity index (χ4n) is 2.79. The van der Waals surface area contributed by atoms with Crippen LogP contribution in [0.2, 0.25) is 0 Å². The third-order valence-electron chi connectivity index (χ3n) is 4.34. The zero-order valence-electron chi connectivity index (χ0n) is 16.9. The molecule has 0 atom stereocenters. The molecular formula is C27H30Zr+2. The summed E-state index contributed by atoms with van der Waals surface area (Å²) in [5, 5.41) is 0. The predicted molar refractivity (Wildman–Crippen MR) is 118 cm³/mol. The van der Waals surface area contributed by atoms with E-state index in [4.69, 9.17) is 0 Å². The zero-order valence-corrected chi connectivity index (χ0v) is 19.3. The number of hydrogen-bond donors (Lipinski definition) is 0. The minimum absolute atomic E-state index is 0. The molecule has 2 fully saturated rings. The smallest absolute Gasteiger partial charge is 0.103 e. The van der Waals surface area contributed by atoms with Crippen molar-refractivity contribution in [1.29, 1.82) is 0 Å². The largest absolute Gasteiger partial charge is 2.00 e. The number of rotatable bonds is 5. The number of benzene rings is 1. The van der Waals surface area contributed by atoms with Crippen LogP contribution in [0.3, 0.4) is 0 Å². The van der Waals surface area contributed by atoms with Crippen molar-refractivity contribution in [3.8, 4) is 0 Å². The van der Waals surface area contributed by atoms with Crippen molar-refractivity contribution >= 4 is 0 Å². The molecule has 3 aliphatic carbocycles.